The SMILES string of the molecule is CC(NCc1ccc(Cl)c(Br)c1)C1CCCC1. The maximum Gasteiger partial charge on any atom is 0.0548 e. The molecule has 1 fully saturated rings. The summed E-state index contributed by atoms with van der Waals surface area (Å²) in [5, 5.41) is 4.40. The maximum absolute atomic E-state index is 5.98. The number of nitrogens with one attached hydrogen (secondary N) is 1. The first-order valence-corrected chi connectivity index (χ1v) is 7.51. The van der Waals surface area contributed by atoms with Gasteiger partial charge in [-0.1, -0.05) is 30.5 Å². The summed E-state index contributed by atoms with van der Waals surface area (Å²) in [5.74, 6) is 0.866. The lowest BCUT2D eigenvalue weighted by Crippen LogP contribution is -2.31. The van der Waals surface area contributed by atoms with Gasteiger partial charge < -0.3 is 5.32 Å². The van der Waals surface area contributed by atoms with Gasteiger partial charge in [0.25, 0.3) is 0 Å². The van der Waals surface area contributed by atoms with Crippen molar-refractivity contribution in [1.82, 2.24) is 5.32 Å². The predicted octanol–water partition coefficient (Wildman–Crippen LogP) is 4.77. The van der Waals surface area contributed by atoms with E-state index in [4.69, 9.17) is 11.6 Å². The Hall–Kier alpha value is -0.0500. The molecule has 3 heteroatoms. The Morgan fingerprint density at radius 2 is 2.12 bits per heavy atom. The predicted molar refractivity (Wildman–Crippen MR) is 77.4 cm³/mol. The fourth-order valence-electron chi connectivity index (χ4n) is 2.55. The Balaban J connectivity index is 1.86. The highest BCUT2D eigenvalue weighted by atomic mass is 79.9. The minimum atomic E-state index is 0.618. The van der Waals surface area contributed by atoms with Crippen LogP contribution in [0.3, 0.4) is 0 Å². The summed E-state index contributed by atoms with van der Waals surface area (Å²) < 4.78 is 0.979. The third-order valence-electron chi connectivity index (χ3n) is 3.72. The van der Waals surface area contributed by atoms with Crippen LogP contribution in [0, 0.1) is 5.92 Å². The molecule has 1 saturated carbocycles. The molecular weight excluding hydrogens is 298 g/mol. The number of hydrogen-bond donors (Lipinski definition) is 1. The van der Waals surface area contributed by atoms with Crippen LogP contribution in [0.2, 0.25) is 5.02 Å². The van der Waals surface area contributed by atoms with Crippen LogP contribution in [0.1, 0.15) is 38.2 Å². The summed E-state index contributed by atoms with van der Waals surface area (Å²) in [7, 11) is 0. The van der Waals surface area contributed by atoms with Crippen molar-refractivity contribution >= 4 is 27.5 Å². The minimum Gasteiger partial charge on any atom is -0.310 e. The van der Waals surface area contributed by atoms with E-state index in [9.17, 15) is 0 Å². The summed E-state index contributed by atoms with van der Waals surface area (Å²) in [6, 6.07) is 6.74. The van der Waals surface area contributed by atoms with E-state index in [0.717, 1.165) is 22.0 Å². The van der Waals surface area contributed by atoms with Gasteiger partial charge in [-0.15, -0.1) is 0 Å². The average Bonchev–Trinajstić information content (AvgIpc) is 2.84. The molecule has 1 aromatic carbocycles. The summed E-state index contributed by atoms with van der Waals surface area (Å²) in [6.45, 7) is 3.23. The van der Waals surface area contributed by atoms with Crippen molar-refractivity contribution in [2.24, 2.45) is 5.92 Å². The van der Waals surface area contributed by atoms with E-state index in [1.54, 1.807) is 0 Å². The van der Waals surface area contributed by atoms with Crippen molar-refractivity contribution in [2.75, 3.05) is 0 Å². The third-order valence-corrected chi connectivity index (χ3v) is 4.93. The Morgan fingerprint density at radius 1 is 1.41 bits per heavy atom. The molecule has 2 rings (SSSR count). The van der Waals surface area contributed by atoms with E-state index in [2.05, 4.69) is 40.3 Å². The lowest BCUT2D eigenvalue weighted by molar-refractivity contribution is 0.380. The Morgan fingerprint density at radius 3 is 2.76 bits per heavy atom. The number of halogens is 2. The zero-order chi connectivity index (χ0) is 12.3. The smallest absolute Gasteiger partial charge is 0.0548 e. The first kappa shape index (κ1) is 13.4. The van der Waals surface area contributed by atoms with Crippen molar-refractivity contribution in [2.45, 2.75) is 45.2 Å². The molecule has 0 spiro atoms. The molecule has 1 aliphatic carbocycles. The molecule has 0 radical (unpaired) electrons. The molecule has 94 valence electrons. The lowest BCUT2D eigenvalue weighted by atomic mass is 9.99. The van der Waals surface area contributed by atoms with Crippen LogP contribution >= 0.6 is 27.5 Å². The Kier molecular flexibility index (Phi) is 4.89. The van der Waals surface area contributed by atoms with Crippen LogP contribution in [0.4, 0.5) is 0 Å². The Bertz CT molecular complexity index is 374. The van der Waals surface area contributed by atoms with Crippen LogP contribution in [0.5, 0.6) is 0 Å². The second-order valence-electron chi connectivity index (χ2n) is 4.96. The molecule has 17 heavy (non-hydrogen) atoms. The van der Waals surface area contributed by atoms with Crippen molar-refractivity contribution < 1.29 is 0 Å². The highest BCUT2D eigenvalue weighted by molar-refractivity contribution is 9.10. The van der Waals surface area contributed by atoms with Gasteiger partial charge in [-0.05, 0) is 59.3 Å². The molecule has 0 heterocycles. The summed E-state index contributed by atoms with van der Waals surface area (Å²) in [6.07, 6.45) is 5.59. The first-order valence-electron chi connectivity index (χ1n) is 6.34. The largest absolute Gasteiger partial charge is 0.310 e. The maximum atomic E-state index is 5.98. The van der Waals surface area contributed by atoms with Gasteiger partial charge in [-0.2, -0.15) is 0 Å². The number of hydrogen-bond acceptors (Lipinski definition) is 1. The van der Waals surface area contributed by atoms with E-state index in [0.29, 0.717) is 6.04 Å². The molecule has 1 unspecified atom stereocenters. The fourth-order valence-corrected chi connectivity index (χ4v) is 3.10. The molecule has 0 aliphatic heterocycles. The van der Waals surface area contributed by atoms with Gasteiger partial charge in [-0.3, -0.25) is 0 Å². The highest BCUT2D eigenvalue weighted by Gasteiger charge is 2.20. The minimum absolute atomic E-state index is 0.618. The average molecular weight is 317 g/mol. The van der Waals surface area contributed by atoms with Crippen LogP contribution in [0.15, 0.2) is 22.7 Å². The molecule has 0 aromatic heterocycles. The van der Waals surface area contributed by atoms with E-state index in [1.807, 2.05) is 6.07 Å². The lowest BCUT2D eigenvalue weighted by Gasteiger charge is -2.20. The molecule has 0 bridgehead atoms. The summed E-state index contributed by atoms with van der Waals surface area (Å²) >= 11 is 9.44. The molecule has 1 atom stereocenters. The molecule has 1 aromatic rings. The van der Waals surface area contributed by atoms with Crippen molar-refractivity contribution in [3.05, 3.63) is 33.3 Å². The topological polar surface area (TPSA) is 12.0 Å². The van der Waals surface area contributed by atoms with Crippen LogP contribution in [0.25, 0.3) is 0 Å². The molecule has 0 amide bonds. The van der Waals surface area contributed by atoms with E-state index >= 15 is 0 Å². The zero-order valence-electron chi connectivity index (χ0n) is 10.2. The van der Waals surface area contributed by atoms with E-state index in [1.165, 1.54) is 31.2 Å². The standard InChI is InChI=1S/C14H19BrClN/c1-10(12-4-2-3-5-12)17-9-11-6-7-14(16)13(15)8-11/h6-8,10,12,17H,2-5,9H2,1H3. The van der Waals surface area contributed by atoms with Gasteiger partial charge >= 0.3 is 0 Å². The second-order valence-corrected chi connectivity index (χ2v) is 6.22. The van der Waals surface area contributed by atoms with Gasteiger partial charge in [0.15, 0.2) is 0 Å². The summed E-state index contributed by atoms with van der Waals surface area (Å²) in [5.41, 5.74) is 1.28. The van der Waals surface area contributed by atoms with Crippen molar-refractivity contribution in [3.63, 3.8) is 0 Å². The highest BCUT2D eigenvalue weighted by Crippen LogP contribution is 2.28. The van der Waals surface area contributed by atoms with E-state index < -0.39 is 0 Å². The van der Waals surface area contributed by atoms with Crippen LogP contribution < -0.4 is 5.32 Å². The van der Waals surface area contributed by atoms with Crippen molar-refractivity contribution in [3.8, 4) is 0 Å². The quantitative estimate of drug-likeness (QED) is 0.843. The summed E-state index contributed by atoms with van der Waals surface area (Å²) in [4.78, 5) is 0. The monoisotopic (exact) mass is 315 g/mol. The van der Waals surface area contributed by atoms with Gasteiger partial charge in [-0.25, -0.2) is 0 Å². The van der Waals surface area contributed by atoms with Crippen LogP contribution in [-0.4, -0.2) is 6.04 Å². The van der Waals surface area contributed by atoms with Crippen LogP contribution in [-0.2, 0) is 6.54 Å². The van der Waals surface area contributed by atoms with Gasteiger partial charge in [0.05, 0.1) is 5.02 Å². The van der Waals surface area contributed by atoms with Gasteiger partial charge in [0.2, 0.25) is 0 Å². The van der Waals surface area contributed by atoms with Gasteiger partial charge in [0, 0.05) is 17.1 Å². The van der Waals surface area contributed by atoms with Gasteiger partial charge in [0.1, 0.15) is 0 Å². The normalized spacial score (nSPS) is 18.5. The van der Waals surface area contributed by atoms with E-state index in [-0.39, 0.29) is 0 Å². The number of rotatable bonds is 4. The molecule has 1 nitrogen and oxygen atoms in total. The number of benzene rings is 1. The molecule has 1 aliphatic rings. The fraction of sp³-hybridized carbons (Fsp3) is 0.571. The Labute approximate surface area is 117 Å². The van der Waals surface area contributed by atoms with Crippen molar-refractivity contribution in [1.29, 1.82) is 0 Å². The molecule has 0 saturated heterocycles. The third kappa shape index (κ3) is 3.70. The molecule has 1 N–H and O–H groups in total. The molecular formula is C14H19BrClN. The second kappa shape index (κ2) is 6.21. The first-order chi connectivity index (χ1) is 8.16. The zero-order valence-corrected chi connectivity index (χ0v) is 12.5.